The van der Waals surface area contributed by atoms with Crippen molar-refractivity contribution in [3.63, 3.8) is 0 Å². The molecule has 0 fully saturated rings. The van der Waals surface area contributed by atoms with Crippen LogP contribution in [0.4, 0.5) is 19.0 Å². The molecule has 0 aromatic carbocycles. The Hall–Kier alpha value is -1.79. The summed E-state index contributed by atoms with van der Waals surface area (Å²) < 4.78 is 36.7. The smallest absolute Gasteiger partial charge is 0.372 e. The van der Waals surface area contributed by atoms with Gasteiger partial charge in [0.15, 0.2) is 0 Å². The van der Waals surface area contributed by atoms with Gasteiger partial charge >= 0.3 is 6.18 Å². The Labute approximate surface area is 83.3 Å². The highest BCUT2D eigenvalue weighted by Gasteiger charge is 2.33. The first-order chi connectivity index (χ1) is 6.86. The van der Waals surface area contributed by atoms with Crippen LogP contribution in [0.15, 0.2) is 12.1 Å². The highest BCUT2D eigenvalue weighted by molar-refractivity contribution is 5.97. The van der Waals surface area contributed by atoms with Gasteiger partial charge in [0, 0.05) is 7.05 Å². The zero-order valence-electron chi connectivity index (χ0n) is 7.72. The molecule has 0 aliphatic rings. The Bertz CT molecular complexity index is 389. The van der Waals surface area contributed by atoms with Gasteiger partial charge in [-0.05, 0) is 12.1 Å². The van der Waals surface area contributed by atoms with Crippen LogP contribution in [0.3, 0.4) is 0 Å². The number of primary amides is 1. The molecule has 0 bridgehead atoms. The quantitative estimate of drug-likeness (QED) is 0.786. The van der Waals surface area contributed by atoms with E-state index in [1.165, 1.54) is 7.05 Å². The number of hydrogen-bond acceptors (Lipinski definition) is 3. The minimum absolute atomic E-state index is 0.0782. The van der Waals surface area contributed by atoms with Gasteiger partial charge in [0.1, 0.15) is 11.5 Å². The topological polar surface area (TPSA) is 68.0 Å². The lowest BCUT2D eigenvalue weighted by Crippen LogP contribution is -2.17. The number of rotatable bonds is 2. The third-order valence-corrected chi connectivity index (χ3v) is 1.69. The number of nitrogens with one attached hydrogen (secondary N) is 1. The van der Waals surface area contributed by atoms with Crippen LogP contribution in [0.5, 0.6) is 0 Å². The molecular weight excluding hydrogens is 211 g/mol. The number of pyridine rings is 1. The van der Waals surface area contributed by atoms with Crippen LogP contribution in [0.1, 0.15) is 16.1 Å². The van der Waals surface area contributed by atoms with Crippen molar-refractivity contribution < 1.29 is 18.0 Å². The van der Waals surface area contributed by atoms with Gasteiger partial charge in [-0.25, -0.2) is 4.98 Å². The molecule has 82 valence electrons. The van der Waals surface area contributed by atoms with Crippen LogP contribution >= 0.6 is 0 Å². The first-order valence-electron chi connectivity index (χ1n) is 3.92. The molecule has 7 heteroatoms. The highest BCUT2D eigenvalue weighted by atomic mass is 19.4. The Morgan fingerprint density at radius 2 is 2.07 bits per heavy atom. The monoisotopic (exact) mass is 219 g/mol. The average Bonchev–Trinajstić information content (AvgIpc) is 2.15. The summed E-state index contributed by atoms with van der Waals surface area (Å²) in [5.41, 5.74) is 3.80. The third-order valence-electron chi connectivity index (χ3n) is 1.69. The zero-order valence-corrected chi connectivity index (χ0v) is 7.72. The van der Waals surface area contributed by atoms with E-state index in [4.69, 9.17) is 5.73 Å². The van der Waals surface area contributed by atoms with E-state index in [1.54, 1.807) is 0 Å². The molecule has 1 aromatic rings. The van der Waals surface area contributed by atoms with Gasteiger partial charge in [0.05, 0.1) is 5.56 Å². The van der Waals surface area contributed by atoms with Crippen molar-refractivity contribution in [1.29, 1.82) is 0 Å². The molecule has 15 heavy (non-hydrogen) atoms. The van der Waals surface area contributed by atoms with Crippen LogP contribution in [0.25, 0.3) is 0 Å². The van der Waals surface area contributed by atoms with Gasteiger partial charge in [0.25, 0.3) is 5.91 Å². The molecule has 0 unspecified atom stereocenters. The first-order valence-corrected chi connectivity index (χ1v) is 3.92. The second kappa shape index (κ2) is 3.76. The van der Waals surface area contributed by atoms with E-state index in [-0.39, 0.29) is 11.4 Å². The molecule has 0 spiro atoms. The predicted octanol–water partition coefficient (Wildman–Crippen LogP) is 1.24. The molecule has 1 heterocycles. The second-order valence-electron chi connectivity index (χ2n) is 2.70. The molecule has 0 radical (unpaired) electrons. The summed E-state index contributed by atoms with van der Waals surface area (Å²) in [6.45, 7) is 0. The molecule has 0 atom stereocenters. The number of carbonyl (C=O) groups is 1. The predicted molar refractivity (Wildman–Crippen MR) is 47.3 cm³/mol. The van der Waals surface area contributed by atoms with E-state index in [2.05, 4.69) is 10.3 Å². The lowest BCUT2D eigenvalue weighted by Gasteiger charge is -2.09. The third kappa shape index (κ3) is 2.36. The van der Waals surface area contributed by atoms with E-state index >= 15 is 0 Å². The van der Waals surface area contributed by atoms with E-state index in [0.717, 1.165) is 6.07 Å². The highest BCUT2D eigenvalue weighted by Crippen LogP contribution is 2.29. The molecule has 1 aromatic heterocycles. The lowest BCUT2D eigenvalue weighted by molar-refractivity contribution is -0.141. The van der Waals surface area contributed by atoms with Gasteiger partial charge in [-0.2, -0.15) is 13.2 Å². The molecule has 0 saturated carbocycles. The van der Waals surface area contributed by atoms with Gasteiger partial charge in [-0.15, -0.1) is 0 Å². The van der Waals surface area contributed by atoms with E-state index in [9.17, 15) is 18.0 Å². The van der Waals surface area contributed by atoms with Crippen LogP contribution < -0.4 is 11.1 Å². The second-order valence-corrected chi connectivity index (χ2v) is 2.70. The molecule has 1 rings (SSSR count). The van der Waals surface area contributed by atoms with Crippen LogP contribution in [-0.2, 0) is 6.18 Å². The number of carbonyl (C=O) groups excluding carboxylic acids is 1. The van der Waals surface area contributed by atoms with E-state index in [0.29, 0.717) is 6.07 Å². The Morgan fingerprint density at radius 3 is 2.47 bits per heavy atom. The van der Waals surface area contributed by atoms with Crippen molar-refractivity contribution in [3.8, 4) is 0 Å². The summed E-state index contributed by atoms with van der Waals surface area (Å²) in [4.78, 5) is 14.0. The summed E-state index contributed by atoms with van der Waals surface area (Å²) in [5, 5.41) is 2.38. The molecule has 1 amide bonds. The largest absolute Gasteiger partial charge is 0.433 e. The fourth-order valence-corrected chi connectivity index (χ4v) is 1.01. The standard InChI is InChI=1S/C8H8F3N3O/c1-13-7-4(6(12)15)2-3-5(14-7)8(9,10)11/h2-3H,1H3,(H2,12,15)(H,13,14). The first kappa shape index (κ1) is 11.3. The summed E-state index contributed by atoms with van der Waals surface area (Å²) in [7, 11) is 1.36. The molecule has 0 aliphatic heterocycles. The van der Waals surface area contributed by atoms with E-state index in [1.807, 2.05) is 0 Å². The van der Waals surface area contributed by atoms with Crippen molar-refractivity contribution in [3.05, 3.63) is 23.4 Å². The molecule has 0 saturated heterocycles. The lowest BCUT2D eigenvalue weighted by atomic mass is 10.2. The SMILES string of the molecule is CNc1nc(C(F)(F)F)ccc1C(N)=O. The van der Waals surface area contributed by atoms with Crippen molar-refractivity contribution in [2.75, 3.05) is 12.4 Å². The maximum atomic E-state index is 12.2. The summed E-state index contributed by atoms with van der Waals surface area (Å²) in [6, 6.07) is 1.70. The van der Waals surface area contributed by atoms with Crippen LogP contribution in [-0.4, -0.2) is 17.9 Å². The van der Waals surface area contributed by atoms with Crippen molar-refractivity contribution in [2.45, 2.75) is 6.18 Å². The van der Waals surface area contributed by atoms with E-state index < -0.39 is 17.8 Å². The average molecular weight is 219 g/mol. The normalized spacial score (nSPS) is 11.2. The fourth-order valence-electron chi connectivity index (χ4n) is 1.01. The summed E-state index contributed by atoms with van der Waals surface area (Å²) >= 11 is 0. The Morgan fingerprint density at radius 1 is 1.47 bits per heavy atom. The number of hydrogen-bond donors (Lipinski definition) is 2. The number of aromatic nitrogens is 1. The molecule has 0 aliphatic carbocycles. The number of halogens is 3. The summed E-state index contributed by atoms with van der Waals surface area (Å²) in [5.74, 6) is -1.02. The number of anilines is 1. The van der Waals surface area contributed by atoms with Crippen molar-refractivity contribution >= 4 is 11.7 Å². The number of amides is 1. The van der Waals surface area contributed by atoms with Crippen LogP contribution in [0.2, 0.25) is 0 Å². The number of alkyl halides is 3. The Balaban J connectivity index is 3.25. The minimum Gasteiger partial charge on any atom is -0.372 e. The van der Waals surface area contributed by atoms with Gasteiger partial charge in [-0.3, -0.25) is 4.79 Å². The maximum absolute atomic E-state index is 12.2. The number of nitrogens with two attached hydrogens (primary N) is 1. The maximum Gasteiger partial charge on any atom is 0.433 e. The summed E-state index contributed by atoms with van der Waals surface area (Å²) in [6.07, 6.45) is -4.54. The fraction of sp³-hybridized carbons (Fsp3) is 0.250. The van der Waals surface area contributed by atoms with Crippen LogP contribution in [0, 0.1) is 0 Å². The molecule has 3 N–H and O–H groups in total. The molecule has 4 nitrogen and oxygen atoms in total. The molecular formula is C8H8F3N3O. The minimum atomic E-state index is -4.54. The van der Waals surface area contributed by atoms with Crippen molar-refractivity contribution in [1.82, 2.24) is 4.98 Å². The number of nitrogens with zero attached hydrogens (tertiary/aromatic N) is 1. The van der Waals surface area contributed by atoms with Crippen molar-refractivity contribution in [2.24, 2.45) is 5.73 Å². The van der Waals surface area contributed by atoms with Gasteiger partial charge < -0.3 is 11.1 Å². The Kier molecular flexibility index (Phi) is 2.83. The zero-order chi connectivity index (χ0) is 11.6. The van der Waals surface area contributed by atoms with Gasteiger partial charge in [0.2, 0.25) is 0 Å². The van der Waals surface area contributed by atoms with Gasteiger partial charge in [-0.1, -0.05) is 0 Å².